The van der Waals surface area contributed by atoms with E-state index in [0.29, 0.717) is 43.1 Å². The second kappa shape index (κ2) is 14.2. The lowest BCUT2D eigenvalue weighted by molar-refractivity contribution is -0.186. The van der Waals surface area contributed by atoms with Crippen LogP contribution in [0, 0.1) is 12.8 Å². The highest BCUT2D eigenvalue weighted by atomic mass is 127. The van der Waals surface area contributed by atoms with Crippen LogP contribution >= 0.6 is 40.2 Å². The van der Waals surface area contributed by atoms with Gasteiger partial charge in [-0.25, -0.2) is 14.4 Å². The average Bonchev–Trinajstić information content (AvgIpc) is 3.48. The lowest BCUT2D eigenvalue weighted by atomic mass is 9.86. The van der Waals surface area contributed by atoms with Gasteiger partial charge in [-0.15, -0.1) is 11.8 Å². The van der Waals surface area contributed by atoms with E-state index in [9.17, 15) is 9.59 Å². The Morgan fingerprint density at radius 2 is 1.82 bits per heavy atom. The molecule has 34 heavy (non-hydrogen) atoms. The number of aromatic nitrogens is 4. The van der Waals surface area contributed by atoms with Crippen molar-refractivity contribution in [3.8, 4) is 0 Å². The van der Waals surface area contributed by atoms with E-state index in [1.54, 1.807) is 4.45 Å². The van der Waals surface area contributed by atoms with Gasteiger partial charge in [0.25, 0.3) is 0 Å². The van der Waals surface area contributed by atoms with Crippen molar-refractivity contribution in [3.63, 3.8) is 0 Å². The maximum atomic E-state index is 13.7. The molecular weight excluding hydrogens is 586 g/mol. The van der Waals surface area contributed by atoms with Crippen molar-refractivity contribution in [2.75, 3.05) is 19.5 Å². The van der Waals surface area contributed by atoms with Gasteiger partial charge in [-0.1, -0.05) is 47.0 Å². The Morgan fingerprint density at radius 1 is 1.18 bits per heavy atom. The van der Waals surface area contributed by atoms with Gasteiger partial charge in [-0.2, -0.15) is 5.10 Å². The van der Waals surface area contributed by atoms with E-state index in [1.807, 2.05) is 34.0 Å². The van der Waals surface area contributed by atoms with E-state index < -0.39 is 11.7 Å². The first-order valence-corrected chi connectivity index (χ1v) is 17.2. The smallest absolute Gasteiger partial charge is 0.229 e. The number of halogens is 1. The summed E-state index contributed by atoms with van der Waals surface area (Å²) in [6.07, 6.45) is 6.45. The number of hydrogen-bond acceptors (Lipinski definition) is 8. The summed E-state index contributed by atoms with van der Waals surface area (Å²) >= 11 is 3.69. The number of nitrogens with zero attached hydrogens (tertiary/aromatic N) is 4. The molecule has 0 amide bonds. The number of carbonyl (C=O) groups is 2. The number of rotatable bonds is 12. The van der Waals surface area contributed by atoms with Gasteiger partial charge in [0.1, 0.15) is 5.03 Å². The third-order valence-electron chi connectivity index (χ3n) is 5.63. The number of ether oxygens (including phenoxy) is 2. The van der Waals surface area contributed by atoms with Crippen LogP contribution in [-0.4, -0.2) is 56.3 Å². The summed E-state index contributed by atoms with van der Waals surface area (Å²) in [7, 11) is 0. The summed E-state index contributed by atoms with van der Waals surface area (Å²) < 4.78 is 13.4. The van der Waals surface area contributed by atoms with Crippen LogP contribution in [0.3, 0.4) is 0 Å². The Balaban J connectivity index is 0.00000199. The van der Waals surface area contributed by atoms with Gasteiger partial charge >= 0.3 is 0 Å². The van der Waals surface area contributed by atoms with Crippen LogP contribution in [0.1, 0.15) is 82.5 Å². The van der Waals surface area contributed by atoms with Crippen LogP contribution in [0.4, 0.5) is 0 Å². The van der Waals surface area contributed by atoms with Crippen LogP contribution in [-0.2, 0) is 14.3 Å². The molecule has 0 saturated carbocycles. The molecular formula is C23H36IN4O4PS. The number of unbranched alkanes of at least 4 members (excludes halogenated alkanes) is 2. The molecule has 1 fully saturated rings. The van der Waals surface area contributed by atoms with Crippen LogP contribution < -0.4 is 0 Å². The molecule has 8 nitrogen and oxygen atoms in total. The molecule has 11 heteroatoms. The van der Waals surface area contributed by atoms with Crippen molar-refractivity contribution in [3.05, 3.63) is 11.5 Å². The van der Waals surface area contributed by atoms with Crippen molar-refractivity contribution < 1.29 is 19.1 Å². The highest BCUT2D eigenvalue weighted by Crippen LogP contribution is 2.35. The van der Waals surface area contributed by atoms with E-state index in [2.05, 4.69) is 44.0 Å². The molecule has 0 radical (unpaired) electrons. The molecule has 1 saturated heterocycles. The zero-order valence-corrected chi connectivity index (χ0v) is 24.9. The van der Waals surface area contributed by atoms with Crippen molar-refractivity contribution in [2.45, 2.75) is 84.0 Å². The molecule has 0 N–H and O–H groups in total. The molecule has 0 aromatic carbocycles. The quantitative estimate of drug-likeness (QED) is 0.0693. The number of aryl methyl sites for hydroxylation is 1. The van der Waals surface area contributed by atoms with Gasteiger partial charge in [-0.3, -0.25) is 9.59 Å². The molecule has 2 aromatic rings. The highest BCUT2D eigenvalue weighted by Gasteiger charge is 2.49. The first kappa shape index (κ1) is 29.5. The summed E-state index contributed by atoms with van der Waals surface area (Å²) in [5.74, 6) is -2.82. The SMILES string of the molecule is CC.CCCCC(C(=O)c1nc(SC)c2c(C)nn(PI)c2n1)C(=O)C1(CCCC)OCCO1. The Morgan fingerprint density at radius 3 is 2.38 bits per heavy atom. The summed E-state index contributed by atoms with van der Waals surface area (Å²) in [6, 6.07) is 0. The van der Waals surface area contributed by atoms with Crippen molar-refractivity contribution >= 4 is 62.8 Å². The number of Topliss-reactive ketones (excluding diaryl/α,β-unsaturated/α-hetero) is 2. The summed E-state index contributed by atoms with van der Waals surface area (Å²) in [6.45, 7) is 10.7. The fourth-order valence-corrected chi connectivity index (χ4v) is 6.01. The Kier molecular flexibility index (Phi) is 12.3. The zero-order chi connectivity index (χ0) is 25.3. The molecule has 2 unspecified atom stereocenters. The summed E-state index contributed by atoms with van der Waals surface area (Å²) in [4.78, 5) is 36.5. The van der Waals surface area contributed by atoms with Crippen molar-refractivity contribution in [1.29, 1.82) is 0 Å². The third kappa shape index (κ3) is 6.35. The van der Waals surface area contributed by atoms with Gasteiger partial charge < -0.3 is 9.47 Å². The first-order valence-electron chi connectivity index (χ1n) is 12.0. The van der Waals surface area contributed by atoms with Crippen molar-refractivity contribution in [1.82, 2.24) is 19.5 Å². The third-order valence-corrected chi connectivity index (χ3v) is 8.16. The summed E-state index contributed by atoms with van der Waals surface area (Å²) in [5, 5.41) is 6.10. The van der Waals surface area contributed by atoms with Crippen LogP contribution in [0.2, 0.25) is 0 Å². The van der Waals surface area contributed by atoms with Gasteiger partial charge in [0.2, 0.25) is 17.4 Å². The minimum Gasteiger partial charge on any atom is -0.341 e. The maximum absolute atomic E-state index is 13.7. The largest absolute Gasteiger partial charge is 0.341 e. The van der Waals surface area contributed by atoms with Gasteiger partial charge in [0.05, 0.1) is 36.6 Å². The molecule has 3 heterocycles. The molecule has 190 valence electrons. The second-order valence-corrected chi connectivity index (χ2v) is 10.6. The fourth-order valence-electron chi connectivity index (χ4n) is 3.95. The predicted octanol–water partition coefficient (Wildman–Crippen LogP) is 6.17. The van der Waals surface area contributed by atoms with Crippen LogP contribution in [0.15, 0.2) is 5.03 Å². The zero-order valence-electron chi connectivity index (χ0n) is 20.9. The molecule has 3 rings (SSSR count). The average molecular weight is 623 g/mol. The molecule has 2 aromatic heterocycles. The first-order chi connectivity index (χ1) is 16.4. The monoisotopic (exact) mass is 622 g/mol. The minimum atomic E-state index is -1.33. The second-order valence-electron chi connectivity index (χ2n) is 7.81. The maximum Gasteiger partial charge on any atom is 0.229 e. The number of carbonyl (C=O) groups excluding carboxylic acids is 2. The lowest BCUT2D eigenvalue weighted by Crippen LogP contribution is -2.46. The fraction of sp³-hybridized carbons (Fsp3) is 0.696. The summed E-state index contributed by atoms with van der Waals surface area (Å²) in [5.41, 5.74) is 1.46. The Hall–Kier alpha value is -0.680. The highest BCUT2D eigenvalue weighted by molar-refractivity contribution is 14.2. The molecule has 1 aliphatic rings. The standard InChI is InChI=1S/C21H30IN4O4PS.C2H6/c1-5-7-9-14(17(28)21(10-8-6-2)29-11-12-30-21)16(27)18-23-19-15(20(24-18)32-4)13(3)25-26(19)31-22;1-2/h14,31H,5-12H2,1-4H3;1-2H3. The van der Waals surface area contributed by atoms with E-state index in [1.165, 1.54) is 11.8 Å². The van der Waals surface area contributed by atoms with E-state index >= 15 is 0 Å². The molecule has 0 spiro atoms. The van der Waals surface area contributed by atoms with Crippen LogP contribution in [0.25, 0.3) is 11.0 Å². The van der Waals surface area contributed by atoms with Crippen molar-refractivity contribution in [2.24, 2.45) is 5.92 Å². The predicted molar refractivity (Wildman–Crippen MR) is 147 cm³/mol. The topological polar surface area (TPSA) is 96.2 Å². The minimum absolute atomic E-state index is 0.0655. The van der Waals surface area contributed by atoms with Gasteiger partial charge in [0, 0.05) is 6.42 Å². The Labute approximate surface area is 221 Å². The van der Waals surface area contributed by atoms with E-state index in [0.717, 1.165) is 36.8 Å². The van der Waals surface area contributed by atoms with Gasteiger partial charge in [-0.05, 0) is 48.1 Å². The number of thioether (sulfide) groups is 1. The Bertz CT molecular complexity index is 982. The number of fused-ring (bicyclic) bond motifs is 1. The molecule has 0 aliphatic carbocycles. The number of hydrogen-bond donors (Lipinski definition) is 0. The van der Waals surface area contributed by atoms with Gasteiger partial charge in [0.15, 0.2) is 11.5 Å². The van der Waals surface area contributed by atoms with Crippen LogP contribution in [0.5, 0.6) is 0 Å². The molecule has 2 atom stereocenters. The number of ketones is 2. The molecule has 1 aliphatic heterocycles. The molecule has 0 bridgehead atoms. The normalized spacial score (nSPS) is 16.1. The van der Waals surface area contributed by atoms with E-state index in [-0.39, 0.29) is 17.4 Å². The lowest BCUT2D eigenvalue weighted by Gasteiger charge is -2.29. The van der Waals surface area contributed by atoms with E-state index in [4.69, 9.17) is 9.47 Å².